The minimum atomic E-state index is -3.65. The number of ether oxygens (including phenoxy) is 1. The van der Waals surface area contributed by atoms with Crippen LogP contribution in [-0.2, 0) is 10.0 Å². The highest BCUT2D eigenvalue weighted by molar-refractivity contribution is 7.89. The zero-order chi connectivity index (χ0) is 17.2. The van der Waals surface area contributed by atoms with E-state index in [9.17, 15) is 13.2 Å². The molecule has 0 spiro atoms. The largest absolute Gasteiger partial charge is 0.489 e. The SMILES string of the molecule is NC(=O)c1cc(OC2CCCN(S(=O)(=O)c3cnoc3)C2)ccn1. The van der Waals surface area contributed by atoms with Gasteiger partial charge in [0.25, 0.3) is 5.91 Å². The zero-order valence-corrected chi connectivity index (χ0v) is 13.5. The Labute approximate surface area is 138 Å². The average molecular weight is 352 g/mol. The summed E-state index contributed by atoms with van der Waals surface area (Å²) in [5.41, 5.74) is 5.28. The van der Waals surface area contributed by atoms with Crippen LogP contribution >= 0.6 is 0 Å². The quantitative estimate of drug-likeness (QED) is 0.824. The van der Waals surface area contributed by atoms with Crippen molar-refractivity contribution in [2.24, 2.45) is 5.73 Å². The third-order valence-corrected chi connectivity index (χ3v) is 5.48. The van der Waals surface area contributed by atoms with Crippen molar-refractivity contribution in [2.45, 2.75) is 23.8 Å². The summed E-state index contributed by atoms with van der Waals surface area (Å²) >= 11 is 0. The molecule has 0 bridgehead atoms. The van der Waals surface area contributed by atoms with Gasteiger partial charge in [-0.15, -0.1) is 0 Å². The molecule has 1 saturated heterocycles. The second-order valence-electron chi connectivity index (χ2n) is 5.35. The molecule has 1 aliphatic rings. The van der Waals surface area contributed by atoms with Gasteiger partial charge in [0.2, 0.25) is 10.0 Å². The first-order valence-electron chi connectivity index (χ1n) is 7.29. The molecule has 24 heavy (non-hydrogen) atoms. The minimum Gasteiger partial charge on any atom is -0.489 e. The average Bonchev–Trinajstić information content (AvgIpc) is 3.10. The van der Waals surface area contributed by atoms with Gasteiger partial charge in [-0.25, -0.2) is 8.42 Å². The van der Waals surface area contributed by atoms with Gasteiger partial charge in [0.15, 0.2) is 0 Å². The van der Waals surface area contributed by atoms with E-state index in [-0.39, 0.29) is 23.2 Å². The molecular formula is C14H16N4O5S. The van der Waals surface area contributed by atoms with Crippen LogP contribution < -0.4 is 10.5 Å². The summed E-state index contributed by atoms with van der Waals surface area (Å²) in [6.45, 7) is 0.595. The first-order valence-corrected chi connectivity index (χ1v) is 8.73. The van der Waals surface area contributed by atoms with E-state index in [1.807, 2.05) is 0 Å². The van der Waals surface area contributed by atoms with Crippen LogP contribution in [-0.4, -0.2) is 48.0 Å². The number of pyridine rings is 1. The van der Waals surface area contributed by atoms with Gasteiger partial charge in [-0.1, -0.05) is 5.16 Å². The van der Waals surface area contributed by atoms with Gasteiger partial charge >= 0.3 is 0 Å². The standard InChI is InChI=1S/C14H16N4O5S/c15-14(19)13-6-10(3-4-16-13)23-11-2-1-5-18(8-11)24(20,21)12-7-17-22-9-12/h3-4,6-7,9,11H,1-2,5,8H2,(H2,15,19). The lowest BCUT2D eigenvalue weighted by atomic mass is 10.1. The van der Waals surface area contributed by atoms with E-state index in [0.717, 1.165) is 6.26 Å². The highest BCUT2D eigenvalue weighted by Gasteiger charge is 2.32. The minimum absolute atomic E-state index is 0.0167. The highest BCUT2D eigenvalue weighted by Crippen LogP contribution is 2.23. The third kappa shape index (κ3) is 3.39. The summed E-state index contributed by atoms with van der Waals surface area (Å²) in [5, 5.41) is 3.43. The van der Waals surface area contributed by atoms with Gasteiger partial charge in [-0.3, -0.25) is 9.78 Å². The Morgan fingerprint density at radius 2 is 2.29 bits per heavy atom. The lowest BCUT2D eigenvalue weighted by molar-refractivity contribution is 0.0993. The van der Waals surface area contributed by atoms with Gasteiger partial charge < -0.3 is 15.0 Å². The number of rotatable bonds is 5. The number of aromatic nitrogens is 2. The number of piperidine rings is 1. The molecule has 1 aliphatic heterocycles. The molecule has 0 aromatic carbocycles. The second kappa shape index (κ2) is 6.57. The highest BCUT2D eigenvalue weighted by atomic mass is 32.2. The summed E-state index contributed by atoms with van der Waals surface area (Å²) in [6, 6.07) is 3.04. The molecule has 1 atom stereocenters. The van der Waals surface area contributed by atoms with Crippen molar-refractivity contribution >= 4 is 15.9 Å². The van der Waals surface area contributed by atoms with Crippen molar-refractivity contribution in [1.29, 1.82) is 0 Å². The van der Waals surface area contributed by atoms with Crippen LogP contribution in [0.4, 0.5) is 0 Å². The number of nitrogens with two attached hydrogens (primary N) is 1. The first-order chi connectivity index (χ1) is 11.5. The van der Waals surface area contributed by atoms with E-state index < -0.39 is 15.9 Å². The molecule has 3 heterocycles. The topological polar surface area (TPSA) is 129 Å². The summed E-state index contributed by atoms with van der Waals surface area (Å²) in [6.07, 6.45) is 4.71. The summed E-state index contributed by atoms with van der Waals surface area (Å²) < 4.78 is 36.7. The van der Waals surface area contributed by atoms with E-state index >= 15 is 0 Å². The fourth-order valence-electron chi connectivity index (χ4n) is 2.50. The number of carbonyl (C=O) groups excluding carboxylic acids is 1. The van der Waals surface area contributed by atoms with Crippen molar-refractivity contribution in [3.8, 4) is 5.75 Å². The second-order valence-corrected chi connectivity index (χ2v) is 7.28. The number of primary amides is 1. The summed E-state index contributed by atoms with van der Waals surface area (Å²) in [5.74, 6) is -0.228. The molecule has 9 nitrogen and oxygen atoms in total. The van der Waals surface area contributed by atoms with Crippen LogP contribution in [0.1, 0.15) is 23.3 Å². The van der Waals surface area contributed by atoms with Crippen LogP contribution in [0.5, 0.6) is 5.75 Å². The number of amides is 1. The van der Waals surface area contributed by atoms with Crippen molar-refractivity contribution in [1.82, 2.24) is 14.4 Å². The molecule has 0 aliphatic carbocycles. The van der Waals surface area contributed by atoms with E-state index in [1.165, 1.54) is 22.8 Å². The molecule has 128 valence electrons. The van der Waals surface area contributed by atoms with E-state index in [0.29, 0.717) is 25.1 Å². The summed E-state index contributed by atoms with van der Waals surface area (Å²) in [4.78, 5) is 15.0. The molecule has 2 aromatic heterocycles. The third-order valence-electron chi connectivity index (χ3n) is 3.67. The van der Waals surface area contributed by atoms with Crippen LogP contribution in [0.25, 0.3) is 0 Å². The maximum absolute atomic E-state index is 12.5. The zero-order valence-electron chi connectivity index (χ0n) is 12.7. The Morgan fingerprint density at radius 3 is 3.00 bits per heavy atom. The van der Waals surface area contributed by atoms with Crippen LogP contribution in [0, 0.1) is 0 Å². The van der Waals surface area contributed by atoms with Gasteiger partial charge in [-0.05, 0) is 18.9 Å². The number of nitrogens with zero attached hydrogens (tertiary/aromatic N) is 3. The molecule has 3 rings (SSSR count). The maximum atomic E-state index is 12.5. The Hall–Kier alpha value is -2.46. The maximum Gasteiger partial charge on any atom is 0.267 e. The lowest BCUT2D eigenvalue weighted by Gasteiger charge is -2.31. The number of sulfonamides is 1. The predicted octanol–water partition coefficient (Wildman–Crippen LogP) is 0.401. The van der Waals surface area contributed by atoms with E-state index in [2.05, 4.69) is 14.7 Å². The predicted molar refractivity (Wildman–Crippen MR) is 81.7 cm³/mol. The lowest BCUT2D eigenvalue weighted by Crippen LogP contribution is -2.44. The number of carbonyl (C=O) groups is 1. The fraction of sp³-hybridized carbons (Fsp3) is 0.357. The van der Waals surface area contributed by atoms with Crippen LogP contribution in [0.15, 0.2) is 40.2 Å². The Kier molecular flexibility index (Phi) is 4.49. The molecule has 0 radical (unpaired) electrons. The van der Waals surface area contributed by atoms with Crippen LogP contribution in [0.2, 0.25) is 0 Å². The number of hydrogen-bond acceptors (Lipinski definition) is 7. The fourth-order valence-corrected chi connectivity index (χ4v) is 3.87. The molecule has 2 N–H and O–H groups in total. The molecule has 1 fully saturated rings. The van der Waals surface area contributed by atoms with Crippen molar-refractivity contribution in [2.75, 3.05) is 13.1 Å². The van der Waals surface area contributed by atoms with Gasteiger partial charge in [0.05, 0.1) is 12.7 Å². The molecule has 1 amide bonds. The smallest absolute Gasteiger partial charge is 0.267 e. The molecular weight excluding hydrogens is 336 g/mol. The van der Waals surface area contributed by atoms with Gasteiger partial charge in [-0.2, -0.15) is 4.31 Å². The monoisotopic (exact) mass is 352 g/mol. The van der Waals surface area contributed by atoms with Crippen molar-refractivity contribution in [3.63, 3.8) is 0 Å². The van der Waals surface area contributed by atoms with E-state index in [4.69, 9.17) is 10.5 Å². The Balaban J connectivity index is 1.72. The van der Waals surface area contributed by atoms with E-state index in [1.54, 1.807) is 6.07 Å². The van der Waals surface area contributed by atoms with Crippen molar-refractivity contribution < 1.29 is 22.5 Å². The Morgan fingerprint density at radius 1 is 1.46 bits per heavy atom. The van der Waals surface area contributed by atoms with Gasteiger partial charge in [0.1, 0.15) is 28.7 Å². The Bertz CT molecular complexity index is 821. The van der Waals surface area contributed by atoms with Crippen LogP contribution in [0.3, 0.4) is 0 Å². The molecule has 1 unspecified atom stereocenters. The molecule has 10 heteroatoms. The molecule has 2 aromatic rings. The number of hydrogen-bond donors (Lipinski definition) is 1. The van der Waals surface area contributed by atoms with Gasteiger partial charge in [0, 0.05) is 18.8 Å². The van der Waals surface area contributed by atoms with Crippen molar-refractivity contribution in [3.05, 3.63) is 36.5 Å². The summed E-state index contributed by atoms with van der Waals surface area (Å²) in [7, 11) is -3.65. The first kappa shape index (κ1) is 16.4. The normalized spacial score (nSPS) is 19.1. The molecule has 0 saturated carbocycles.